The van der Waals surface area contributed by atoms with Gasteiger partial charge in [-0.15, -0.1) is 0 Å². The summed E-state index contributed by atoms with van der Waals surface area (Å²) < 4.78 is 0. The predicted octanol–water partition coefficient (Wildman–Crippen LogP) is 3.31. The highest BCUT2D eigenvalue weighted by Crippen LogP contribution is 2.10. The van der Waals surface area contributed by atoms with E-state index in [2.05, 4.69) is 12.2 Å². The van der Waals surface area contributed by atoms with E-state index in [1.54, 1.807) is 6.08 Å². The summed E-state index contributed by atoms with van der Waals surface area (Å²) >= 11 is 0. The summed E-state index contributed by atoms with van der Waals surface area (Å²) in [4.78, 5) is 11.7. The number of hydrogen-bond acceptors (Lipinski definition) is 1. The summed E-state index contributed by atoms with van der Waals surface area (Å²) in [6.07, 6.45) is 10.6. The number of ketones is 1. The summed E-state index contributed by atoms with van der Waals surface area (Å²) in [7, 11) is 0. The van der Waals surface area contributed by atoms with Crippen LogP contribution in [-0.2, 0) is 0 Å². The van der Waals surface area contributed by atoms with Crippen LogP contribution in [0.5, 0.6) is 0 Å². The first-order chi connectivity index (χ1) is 7.36. The third-order valence-electron chi connectivity index (χ3n) is 2.29. The Morgan fingerprint density at radius 2 is 2.00 bits per heavy atom. The second-order valence-electron chi connectivity index (χ2n) is 3.41. The van der Waals surface area contributed by atoms with Crippen LogP contribution in [0.15, 0.2) is 66.3 Å². The molecule has 0 saturated carbocycles. The van der Waals surface area contributed by atoms with E-state index in [4.69, 9.17) is 0 Å². The zero-order valence-corrected chi connectivity index (χ0v) is 8.39. The highest BCUT2D eigenvalue weighted by Gasteiger charge is 1.99. The van der Waals surface area contributed by atoms with E-state index in [1.807, 2.05) is 42.5 Å². The lowest BCUT2D eigenvalue weighted by atomic mass is 10.1. The van der Waals surface area contributed by atoms with E-state index in [0.29, 0.717) is 0 Å². The molecule has 0 spiro atoms. The van der Waals surface area contributed by atoms with Crippen LogP contribution in [0.3, 0.4) is 0 Å². The van der Waals surface area contributed by atoms with Crippen molar-refractivity contribution < 1.29 is 4.79 Å². The summed E-state index contributed by atoms with van der Waals surface area (Å²) in [5, 5.41) is 0. The predicted molar refractivity (Wildman–Crippen MR) is 61.8 cm³/mol. The van der Waals surface area contributed by atoms with Crippen LogP contribution in [0, 0.1) is 0 Å². The Kier molecular flexibility index (Phi) is 2.93. The molecule has 15 heavy (non-hydrogen) atoms. The van der Waals surface area contributed by atoms with Gasteiger partial charge in [-0.2, -0.15) is 0 Å². The van der Waals surface area contributed by atoms with E-state index >= 15 is 0 Å². The lowest BCUT2D eigenvalue weighted by Crippen LogP contribution is -1.92. The van der Waals surface area contributed by atoms with Gasteiger partial charge in [-0.05, 0) is 18.1 Å². The van der Waals surface area contributed by atoms with Crippen molar-refractivity contribution in [3.8, 4) is 0 Å². The molecule has 1 aromatic carbocycles. The molecule has 0 heterocycles. The molecule has 0 N–H and O–H groups in total. The largest absolute Gasteiger partial charge is 0.289 e. The second kappa shape index (κ2) is 4.56. The molecule has 0 aliphatic heterocycles. The number of carbonyl (C=O) groups is 1. The molecule has 0 aromatic heterocycles. The molecule has 2 rings (SSSR count). The molecule has 0 amide bonds. The first-order valence-corrected chi connectivity index (χ1v) is 5.00. The minimum atomic E-state index is 0.0526. The monoisotopic (exact) mass is 196 g/mol. The van der Waals surface area contributed by atoms with E-state index < -0.39 is 0 Å². The first-order valence-electron chi connectivity index (χ1n) is 5.00. The Morgan fingerprint density at radius 1 is 1.20 bits per heavy atom. The standard InChI is InChI=1S/C14H12O/c15-14(13-8-2-1-3-9-13)11-10-12-6-4-5-7-12/h1-4,6-11H,5H2/b11-10+. The molecule has 1 aromatic rings. The van der Waals surface area contributed by atoms with Crippen LogP contribution in [0.1, 0.15) is 16.8 Å². The van der Waals surface area contributed by atoms with E-state index in [-0.39, 0.29) is 5.78 Å². The normalized spacial score (nSPS) is 14.5. The van der Waals surface area contributed by atoms with Crippen molar-refractivity contribution in [1.29, 1.82) is 0 Å². The molecule has 1 nitrogen and oxygen atoms in total. The molecule has 0 radical (unpaired) electrons. The Hall–Kier alpha value is -1.89. The Morgan fingerprint density at radius 3 is 2.67 bits per heavy atom. The van der Waals surface area contributed by atoms with Crippen LogP contribution in [0.25, 0.3) is 0 Å². The van der Waals surface area contributed by atoms with Gasteiger partial charge in [0.25, 0.3) is 0 Å². The van der Waals surface area contributed by atoms with Crippen molar-refractivity contribution in [2.75, 3.05) is 0 Å². The molecular formula is C14H12O. The van der Waals surface area contributed by atoms with Gasteiger partial charge in [0.05, 0.1) is 0 Å². The lowest BCUT2D eigenvalue weighted by molar-refractivity contribution is 0.104. The highest BCUT2D eigenvalue weighted by atomic mass is 16.1. The lowest BCUT2D eigenvalue weighted by Gasteiger charge is -1.93. The van der Waals surface area contributed by atoms with E-state index in [9.17, 15) is 4.79 Å². The van der Waals surface area contributed by atoms with Gasteiger partial charge in [0.15, 0.2) is 5.78 Å². The maximum atomic E-state index is 11.7. The molecule has 0 fully saturated rings. The van der Waals surface area contributed by atoms with Gasteiger partial charge in [-0.1, -0.05) is 54.6 Å². The zero-order chi connectivity index (χ0) is 10.5. The molecule has 0 atom stereocenters. The van der Waals surface area contributed by atoms with Gasteiger partial charge in [0.2, 0.25) is 0 Å². The molecule has 1 aliphatic carbocycles. The average molecular weight is 196 g/mol. The van der Waals surface area contributed by atoms with Crippen molar-refractivity contribution >= 4 is 5.78 Å². The van der Waals surface area contributed by atoms with Gasteiger partial charge in [-0.25, -0.2) is 0 Å². The van der Waals surface area contributed by atoms with Gasteiger partial charge in [-0.3, -0.25) is 4.79 Å². The fourth-order valence-electron chi connectivity index (χ4n) is 1.47. The number of rotatable bonds is 3. The quantitative estimate of drug-likeness (QED) is 0.535. The molecule has 1 aliphatic rings. The Labute approximate surface area is 89.4 Å². The fraction of sp³-hybridized carbons (Fsp3) is 0.0714. The van der Waals surface area contributed by atoms with Gasteiger partial charge < -0.3 is 0 Å². The molecule has 74 valence electrons. The highest BCUT2D eigenvalue weighted by molar-refractivity contribution is 6.04. The van der Waals surface area contributed by atoms with Crippen LogP contribution in [-0.4, -0.2) is 5.78 Å². The Bertz CT molecular complexity index is 436. The van der Waals surface area contributed by atoms with Gasteiger partial charge >= 0.3 is 0 Å². The van der Waals surface area contributed by atoms with Crippen molar-refractivity contribution in [3.05, 3.63) is 71.8 Å². The molecule has 0 unspecified atom stereocenters. The van der Waals surface area contributed by atoms with E-state index in [1.165, 1.54) is 0 Å². The molecule has 0 saturated heterocycles. The summed E-state index contributed by atoms with van der Waals surface area (Å²) in [5.74, 6) is 0.0526. The summed E-state index contributed by atoms with van der Waals surface area (Å²) in [5.41, 5.74) is 1.84. The van der Waals surface area contributed by atoms with Crippen molar-refractivity contribution in [1.82, 2.24) is 0 Å². The van der Waals surface area contributed by atoms with Crippen molar-refractivity contribution in [2.24, 2.45) is 0 Å². The smallest absolute Gasteiger partial charge is 0.185 e. The fourth-order valence-corrected chi connectivity index (χ4v) is 1.47. The maximum Gasteiger partial charge on any atom is 0.185 e. The third-order valence-corrected chi connectivity index (χ3v) is 2.29. The zero-order valence-electron chi connectivity index (χ0n) is 8.39. The van der Waals surface area contributed by atoms with Gasteiger partial charge in [0.1, 0.15) is 0 Å². The topological polar surface area (TPSA) is 17.1 Å². The Balaban J connectivity index is 2.07. The van der Waals surface area contributed by atoms with E-state index in [0.717, 1.165) is 17.6 Å². The number of hydrogen-bond donors (Lipinski definition) is 0. The molecule has 0 bridgehead atoms. The van der Waals surface area contributed by atoms with Crippen LogP contribution >= 0.6 is 0 Å². The summed E-state index contributed by atoms with van der Waals surface area (Å²) in [6, 6.07) is 9.30. The number of benzene rings is 1. The number of allylic oxidation sites excluding steroid dienone is 6. The first kappa shape index (κ1) is 9.66. The minimum Gasteiger partial charge on any atom is -0.289 e. The van der Waals surface area contributed by atoms with Crippen molar-refractivity contribution in [2.45, 2.75) is 6.42 Å². The minimum absolute atomic E-state index is 0.0526. The van der Waals surface area contributed by atoms with Crippen LogP contribution < -0.4 is 0 Å². The van der Waals surface area contributed by atoms with Crippen LogP contribution in [0.4, 0.5) is 0 Å². The second-order valence-corrected chi connectivity index (χ2v) is 3.41. The molecule has 1 heteroatoms. The summed E-state index contributed by atoms with van der Waals surface area (Å²) in [6.45, 7) is 0. The molecular weight excluding hydrogens is 184 g/mol. The maximum absolute atomic E-state index is 11.7. The number of carbonyl (C=O) groups excluding carboxylic acids is 1. The third kappa shape index (κ3) is 2.53. The van der Waals surface area contributed by atoms with Crippen molar-refractivity contribution in [3.63, 3.8) is 0 Å². The SMILES string of the molecule is O=C(/C=C/C1=CCC=C1)c1ccccc1. The van der Waals surface area contributed by atoms with Crippen LogP contribution in [0.2, 0.25) is 0 Å². The van der Waals surface area contributed by atoms with Gasteiger partial charge in [0, 0.05) is 5.56 Å². The average Bonchev–Trinajstić information content (AvgIpc) is 2.80.